The number of carboxylic acid groups (broad SMARTS) is 1. The minimum Gasteiger partial charge on any atom is -0.478 e. The predicted octanol–water partition coefficient (Wildman–Crippen LogP) is 2.13. The van der Waals surface area contributed by atoms with Crippen LogP contribution in [-0.2, 0) is 0 Å². The first-order valence-corrected chi connectivity index (χ1v) is 7.09. The van der Waals surface area contributed by atoms with Gasteiger partial charge in [-0.05, 0) is 40.4 Å². The number of amides is 2. The van der Waals surface area contributed by atoms with Gasteiger partial charge in [0.2, 0.25) is 0 Å². The van der Waals surface area contributed by atoms with Crippen molar-refractivity contribution >= 4 is 28.3 Å². The third kappa shape index (κ3) is 4.21. The van der Waals surface area contributed by atoms with E-state index < -0.39 is 5.97 Å². The molecule has 0 spiro atoms. The van der Waals surface area contributed by atoms with Crippen LogP contribution in [0.5, 0.6) is 0 Å². The predicted molar refractivity (Wildman–Crippen MR) is 80.9 cm³/mol. The molecule has 0 aliphatic rings. The maximum Gasteiger partial charge on any atom is 0.338 e. The number of carbonyl (C=O) groups is 2. The standard InChI is InChI=1S/C13H21N3O3S/c1-7(6-16(4)5)14-13(19)15-11-10(12(17)18)8(2)9(3)20-11/h7H,6H2,1-5H3,(H,17,18)(H2,14,15,19). The summed E-state index contributed by atoms with van der Waals surface area (Å²) in [7, 11) is 3.84. The highest BCUT2D eigenvalue weighted by molar-refractivity contribution is 7.16. The molecule has 0 aliphatic heterocycles. The summed E-state index contributed by atoms with van der Waals surface area (Å²) in [5.41, 5.74) is 0.863. The molecule has 6 nitrogen and oxygen atoms in total. The summed E-state index contributed by atoms with van der Waals surface area (Å²) in [5, 5.41) is 15.0. The molecule has 0 aromatic carbocycles. The van der Waals surface area contributed by atoms with Crippen molar-refractivity contribution in [3.8, 4) is 0 Å². The lowest BCUT2D eigenvalue weighted by Gasteiger charge is -2.18. The zero-order valence-corrected chi connectivity index (χ0v) is 13.2. The summed E-state index contributed by atoms with van der Waals surface area (Å²) in [6.45, 7) is 6.18. The van der Waals surface area contributed by atoms with Crippen molar-refractivity contribution in [2.24, 2.45) is 0 Å². The smallest absolute Gasteiger partial charge is 0.338 e. The lowest BCUT2D eigenvalue weighted by molar-refractivity contribution is 0.0697. The van der Waals surface area contributed by atoms with Crippen LogP contribution in [0.25, 0.3) is 0 Å². The number of carboxylic acids is 1. The maximum atomic E-state index is 11.9. The van der Waals surface area contributed by atoms with E-state index in [1.54, 1.807) is 6.92 Å². The molecule has 2 amide bonds. The second-order valence-electron chi connectivity index (χ2n) is 5.05. The van der Waals surface area contributed by atoms with Gasteiger partial charge in [0.15, 0.2) is 0 Å². The Hall–Kier alpha value is -1.60. The van der Waals surface area contributed by atoms with Gasteiger partial charge < -0.3 is 15.3 Å². The topological polar surface area (TPSA) is 81.7 Å². The van der Waals surface area contributed by atoms with Crippen molar-refractivity contribution in [1.29, 1.82) is 0 Å². The first-order valence-electron chi connectivity index (χ1n) is 6.28. The van der Waals surface area contributed by atoms with Gasteiger partial charge in [-0.1, -0.05) is 0 Å². The van der Waals surface area contributed by atoms with Gasteiger partial charge in [0.1, 0.15) is 5.00 Å². The molecule has 1 heterocycles. The van der Waals surface area contributed by atoms with Gasteiger partial charge in [-0.25, -0.2) is 9.59 Å². The van der Waals surface area contributed by atoms with Gasteiger partial charge >= 0.3 is 12.0 Å². The van der Waals surface area contributed by atoms with E-state index in [1.807, 2.05) is 32.8 Å². The fraction of sp³-hybridized carbons (Fsp3) is 0.538. The third-order valence-electron chi connectivity index (χ3n) is 2.84. The molecule has 1 unspecified atom stereocenters. The van der Waals surface area contributed by atoms with Crippen LogP contribution in [0.4, 0.5) is 9.80 Å². The number of rotatable bonds is 5. The van der Waals surface area contributed by atoms with E-state index in [1.165, 1.54) is 11.3 Å². The zero-order chi connectivity index (χ0) is 15.4. The number of carbonyl (C=O) groups excluding carboxylic acids is 1. The highest BCUT2D eigenvalue weighted by atomic mass is 32.1. The van der Waals surface area contributed by atoms with E-state index >= 15 is 0 Å². The third-order valence-corrected chi connectivity index (χ3v) is 3.97. The Morgan fingerprint density at radius 3 is 2.45 bits per heavy atom. The minimum absolute atomic E-state index is 0.0274. The second kappa shape index (κ2) is 6.71. The van der Waals surface area contributed by atoms with Crippen molar-refractivity contribution in [2.75, 3.05) is 26.0 Å². The summed E-state index contributed by atoms with van der Waals surface area (Å²) in [5.74, 6) is -1.02. The molecule has 1 atom stereocenters. The Balaban J connectivity index is 2.76. The molecule has 3 N–H and O–H groups in total. The quantitative estimate of drug-likeness (QED) is 0.778. The lowest BCUT2D eigenvalue weighted by atomic mass is 10.1. The number of aryl methyl sites for hydroxylation is 1. The number of thiophene rings is 1. The number of hydrogen-bond donors (Lipinski definition) is 3. The number of hydrogen-bond acceptors (Lipinski definition) is 4. The van der Waals surface area contributed by atoms with Gasteiger partial charge in [0.05, 0.1) is 5.56 Å². The first-order chi connectivity index (χ1) is 9.22. The Labute approximate surface area is 122 Å². The van der Waals surface area contributed by atoms with E-state index in [0.717, 1.165) is 4.88 Å². The number of nitrogens with one attached hydrogen (secondary N) is 2. The summed E-state index contributed by atoms with van der Waals surface area (Å²) >= 11 is 1.28. The zero-order valence-electron chi connectivity index (χ0n) is 12.4. The van der Waals surface area contributed by atoms with Crippen LogP contribution in [0.3, 0.4) is 0 Å². The molecule has 0 fully saturated rings. The van der Waals surface area contributed by atoms with Crippen LogP contribution in [0.15, 0.2) is 0 Å². The van der Waals surface area contributed by atoms with Crippen molar-refractivity contribution < 1.29 is 14.7 Å². The largest absolute Gasteiger partial charge is 0.478 e. The summed E-state index contributed by atoms with van der Waals surface area (Å²) < 4.78 is 0. The average molecular weight is 299 g/mol. The van der Waals surface area contributed by atoms with Crippen LogP contribution in [0.1, 0.15) is 27.7 Å². The minimum atomic E-state index is -1.02. The van der Waals surface area contributed by atoms with Crippen LogP contribution in [0.2, 0.25) is 0 Å². The summed E-state index contributed by atoms with van der Waals surface area (Å²) in [6.07, 6.45) is 0. The molecule has 7 heteroatoms. The Kier molecular flexibility index (Phi) is 5.52. The van der Waals surface area contributed by atoms with Crippen LogP contribution in [-0.4, -0.2) is 48.7 Å². The number of likely N-dealkylation sites (N-methyl/N-ethyl adjacent to an activating group) is 1. The van der Waals surface area contributed by atoms with Crippen molar-refractivity contribution in [3.63, 3.8) is 0 Å². The summed E-state index contributed by atoms with van der Waals surface area (Å²) in [6, 6.07) is -0.413. The highest BCUT2D eigenvalue weighted by Crippen LogP contribution is 2.32. The molecule has 0 saturated heterocycles. The lowest BCUT2D eigenvalue weighted by Crippen LogP contribution is -2.41. The molecule has 1 aromatic heterocycles. The van der Waals surface area contributed by atoms with E-state index in [9.17, 15) is 14.7 Å². The monoisotopic (exact) mass is 299 g/mol. The fourth-order valence-corrected chi connectivity index (χ4v) is 2.98. The Morgan fingerprint density at radius 1 is 1.35 bits per heavy atom. The maximum absolute atomic E-state index is 11.9. The van der Waals surface area contributed by atoms with E-state index in [0.29, 0.717) is 17.1 Å². The summed E-state index contributed by atoms with van der Waals surface area (Å²) in [4.78, 5) is 26.0. The Bertz CT molecular complexity index is 511. The molecule has 1 aromatic rings. The normalized spacial score (nSPS) is 12.3. The van der Waals surface area contributed by atoms with Crippen molar-refractivity contribution in [2.45, 2.75) is 26.8 Å². The van der Waals surface area contributed by atoms with Gasteiger partial charge in [0, 0.05) is 17.5 Å². The molecule has 1 rings (SSSR count). The second-order valence-corrected chi connectivity index (χ2v) is 6.28. The first kappa shape index (κ1) is 16.5. The van der Waals surface area contributed by atoms with E-state index in [2.05, 4.69) is 10.6 Å². The Morgan fingerprint density at radius 2 is 1.95 bits per heavy atom. The van der Waals surface area contributed by atoms with Gasteiger partial charge in [0.25, 0.3) is 0 Å². The van der Waals surface area contributed by atoms with E-state index in [4.69, 9.17) is 0 Å². The van der Waals surface area contributed by atoms with Gasteiger partial charge in [-0.3, -0.25) is 5.32 Å². The molecule has 112 valence electrons. The van der Waals surface area contributed by atoms with Gasteiger partial charge in [-0.2, -0.15) is 0 Å². The van der Waals surface area contributed by atoms with Crippen molar-refractivity contribution in [3.05, 3.63) is 16.0 Å². The number of nitrogens with zero attached hydrogens (tertiary/aromatic N) is 1. The fourth-order valence-electron chi connectivity index (χ4n) is 1.93. The molecule has 0 saturated carbocycles. The van der Waals surface area contributed by atoms with E-state index in [-0.39, 0.29) is 17.6 Å². The molecular formula is C13H21N3O3S. The SMILES string of the molecule is Cc1sc(NC(=O)NC(C)CN(C)C)c(C(=O)O)c1C. The number of urea groups is 1. The highest BCUT2D eigenvalue weighted by Gasteiger charge is 2.20. The number of anilines is 1. The van der Waals surface area contributed by atoms with Crippen LogP contribution < -0.4 is 10.6 Å². The van der Waals surface area contributed by atoms with Crippen LogP contribution >= 0.6 is 11.3 Å². The average Bonchev–Trinajstić information content (AvgIpc) is 2.52. The molecular weight excluding hydrogens is 278 g/mol. The molecule has 0 radical (unpaired) electrons. The van der Waals surface area contributed by atoms with Gasteiger partial charge in [-0.15, -0.1) is 11.3 Å². The van der Waals surface area contributed by atoms with Crippen molar-refractivity contribution in [1.82, 2.24) is 10.2 Å². The van der Waals surface area contributed by atoms with Crippen LogP contribution in [0, 0.1) is 13.8 Å². The molecule has 0 bridgehead atoms. The molecule has 20 heavy (non-hydrogen) atoms. The molecule has 0 aliphatic carbocycles. The number of aromatic carboxylic acids is 1.